The molecule has 0 aliphatic heterocycles. The fourth-order valence-electron chi connectivity index (χ4n) is 1.78. The second-order valence-corrected chi connectivity index (χ2v) is 7.23. The van der Waals surface area contributed by atoms with Crippen LogP contribution in [0.1, 0.15) is 5.56 Å². The van der Waals surface area contributed by atoms with Gasteiger partial charge in [-0.2, -0.15) is 0 Å². The lowest BCUT2D eigenvalue weighted by Gasteiger charge is -2.08. The van der Waals surface area contributed by atoms with Crippen LogP contribution >= 0.6 is 15.9 Å². The predicted octanol–water partition coefficient (Wildman–Crippen LogP) is 3.01. The number of benzene rings is 2. The van der Waals surface area contributed by atoms with Crippen LogP contribution in [-0.4, -0.2) is 21.4 Å². The first-order chi connectivity index (χ1) is 10.9. The molecule has 0 aliphatic rings. The number of rotatable bonds is 5. The summed E-state index contributed by atoms with van der Waals surface area (Å²) in [5.41, 5.74) is 1.21. The maximum Gasteiger partial charge on any atom is 0.261 e. The molecule has 2 N–H and O–H groups in total. The van der Waals surface area contributed by atoms with Gasteiger partial charge < -0.3 is 5.32 Å². The van der Waals surface area contributed by atoms with E-state index in [2.05, 4.69) is 26.0 Å². The van der Waals surface area contributed by atoms with Crippen LogP contribution in [0.2, 0.25) is 0 Å². The average Bonchev–Trinajstić information content (AvgIpc) is 2.52. The molecule has 23 heavy (non-hydrogen) atoms. The van der Waals surface area contributed by atoms with Gasteiger partial charge in [-0.1, -0.05) is 34.1 Å². The number of halogens is 1. The summed E-state index contributed by atoms with van der Waals surface area (Å²) >= 11 is 3.30. The monoisotopic (exact) mass is 394 g/mol. The van der Waals surface area contributed by atoms with Crippen LogP contribution < -0.4 is 10.0 Å². The Morgan fingerprint density at radius 1 is 1.13 bits per heavy atom. The molecule has 0 saturated carbocycles. The standard InChI is InChI=1S/C16H15BrN2O3S/c1-18-16(20)10-7-12-5-8-15(9-6-12)23(21,22)19-14-4-2-3-13(17)11-14/h2-11,19H,1H3,(H,18,20)/b10-7+. The number of nitrogens with one attached hydrogen (secondary N) is 2. The highest BCUT2D eigenvalue weighted by Gasteiger charge is 2.13. The molecule has 0 atom stereocenters. The Morgan fingerprint density at radius 2 is 1.83 bits per heavy atom. The minimum Gasteiger partial charge on any atom is -0.356 e. The van der Waals surface area contributed by atoms with Crippen molar-refractivity contribution in [3.8, 4) is 0 Å². The van der Waals surface area contributed by atoms with E-state index in [4.69, 9.17) is 0 Å². The van der Waals surface area contributed by atoms with Gasteiger partial charge >= 0.3 is 0 Å². The predicted molar refractivity (Wildman–Crippen MR) is 94.5 cm³/mol. The van der Waals surface area contributed by atoms with Gasteiger partial charge in [0.05, 0.1) is 4.90 Å². The van der Waals surface area contributed by atoms with Crippen molar-refractivity contribution in [2.75, 3.05) is 11.8 Å². The summed E-state index contributed by atoms with van der Waals surface area (Å²) in [6.45, 7) is 0. The number of carbonyl (C=O) groups is 1. The van der Waals surface area contributed by atoms with Crippen LogP contribution in [0.4, 0.5) is 5.69 Å². The molecule has 0 aliphatic carbocycles. The molecule has 7 heteroatoms. The number of amides is 1. The third-order valence-electron chi connectivity index (χ3n) is 2.94. The summed E-state index contributed by atoms with van der Waals surface area (Å²) in [4.78, 5) is 11.3. The normalized spacial score (nSPS) is 11.4. The van der Waals surface area contributed by atoms with E-state index in [0.29, 0.717) is 5.69 Å². The lowest BCUT2D eigenvalue weighted by molar-refractivity contribution is -0.115. The van der Waals surface area contributed by atoms with Crippen molar-refractivity contribution in [3.05, 3.63) is 64.6 Å². The molecular weight excluding hydrogens is 380 g/mol. The molecule has 0 spiro atoms. The zero-order valence-electron chi connectivity index (χ0n) is 12.3. The fourth-order valence-corrected chi connectivity index (χ4v) is 3.23. The lowest BCUT2D eigenvalue weighted by atomic mass is 10.2. The lowest BCUT2D eigenvalue weighted by Crippen LogP contribution is -2.14. The van der Waals surface area contributed by atoms with E-state index in [0.717, 1.165) is 10.0 Å². The minimum absolute atomic E-state index is 0.148. The third-order valence-corrected chi connectivity index (χ3v) is 4.83. The van der Waals surface area contributed by atoms with Gasteiger partial charge in [-0.3, -0.25) is 9.52 Å². The van der Waals surface area contributed by atoms with E-state index < -0.39 is 10.0 Å². The van der Waals surface area contributed by atoms with E-state index >= 15 is 0 Å². The van der Waals surface area contributed by atoms with Crippen LogP contribution in [0.3, 0.4) is 0 Å². The molecule has 0 saturated heterocycles. The van der Waals surface area contributed by atoms with Crippen molar-refractivity contribution in [2.24, 2.45) is 0 Å². The number of anilines is 1. The zero-order chi connectivity index (χ0) is 16.9. The molecule has 0 heterocycles. The molecule has 120 valence electrons. The Hall–Kier alpha value is -2.12. The Morgan fingerprint density at radius 3 is 2.43 bits per heavy atom. The molecule has 2 rings (SSSR count). The van der Waals surface area contributed by atoms with Crippen LogP contribution in [0.5, 0.6) is 0 Å². The van der Waals surface area contributed by atoms with Crippen LogP contribution in [0, 0.1) is 0 Å². The van der Waals surface area contributed by atoms with Gasteiger partial charge in [-0.05, 0) is 42.0 Å². The number of hydrogen-bond acceptors (Lipinski definition) is 3. The minimum atomic E-state index is -3.66. The summed E-state index contributed by atoms with van der Waals surface area (Å²) in [5, 5.41) is 2.47. The number of hydrogen-bond donors (Lipinski definition) is 2. The topological polar surface area (TPSA) is 75.3 Å². The summed E-state index contributed by atoms with van der Waals surface area (Å²) in [6.07, 6.45) is 2.99. The first kappa shape index (κ1) is 17.2. The second kappa shape index (κ2) is 7.43. The molecule has 2 aromatic carbocycles. The molecular formula is C16H15BrN2O3S. The maximum absolute atomic E-state index is 12.3. The SMILES string of the molecule is CNC(=O)/C=C/c1ccc(S(=O)(=O)Nc2cccc(Br)c2)cc1. The quantitative estimate of drug-likeness (QED) is 0.765. The van der Waals surface area contributed by atoms with Gasteiger partial charge in [-0.15, -0.1) is 0 Å². The van der Waals surface area contributed by atoms with Crippen molar-refractivity contribution < 1.29 is 13.2 Å². The Balaban J connectivity index is 2.17. The van der Waals surface area contributed by atoms with E-state index in [1.165, 1.54) is 25.3 Å². The Labute approximate surface area is 143 Å². The summed E-state index contributed by atoms with van der Waals surface area (Å²) in [7, 11) is -2.12. The number of sulfonamides is 1. The largest absolute Gasteiger partial charge is 0.356 e. The average molecular weight is 395 g/mol. The van der Waals surface area contributed by atoms with E-state index in [1.54, 1.807) is 36.4 Å². The van der Waals surface area contributed by atoms with Crippen molar-refractivity contribution in [2.45, 2.75) is 4.90 Å². The van der Waals surface area contributed by atoms with Crippen molar-refractivity contribution in [3.63, 3.8) is 0 Å². The van der Waals surface area contributed by atoms with Gasteiger partial charge in [0.2, 0.25) is 5.91 Å². The molecule has 0 unspecified atom stereocenters. The summed E-state index contributed by atoms with van der Waals surface area (Å²) in [6, 6.07) is 13.2. The Kier molecular flexibility index (Phi) is 5.57. The molecule has 0 radical (unpaired) electrons. The smallest absolute Gasteiger partial charge is 0.261 e. The van der Waals surface area contributed by atoms with Crippen molar-refractivity contribution in [1.29, 1.82) is 0 Å². The van der Waals surface area contributed by atoms with Crippen LogP contribution in [0.15, 0.2) is 64.0 Å². The highest BCUT2D eigenvalue weighted by molar-refractivity contribution is 9.10. The molecule has 0 bridgehead atoms. The van der Waals surface area contributed by atoms with Crippen molar-refractivity contribution >= 4 is 43.6 Å². The third kappa shape index (κ3) is 4.94. The molecule has 0 aromatic heterocycles. The molecule has 5 nitrogen and oxygen atoms in total. The van der Waals surface area contributed by atoms with E-state index in [1.807, 2.05) is 6.07 Å². The number of likely N-dealkylation sites (N-methyl/N-ethyl adjacent to an activating group) is 1. The number of carbonyl (C=O) groups excluding carboxylic acids is 1. The molecule has 0 fully saturated rings. The van der Waals surface area contributed by atoms with Gasteiger partial charge in [0.25, 0.3) is 10.0 Å². The Bertz CT molecular complexity index is 831. The van der Waals surface area contributed by atoms with Gasteiger partial charge in [0.15, 0.2) is 0 Å². The van der Waals surface area contributed by atoms with Crippen LogP contribution in [0.25, 0.3) is 6.08 Å². The second-order valence-electron chi connectivity index (χ2n) is 4.63. The summed E-state index contributed by atoms with van der Waals surface area (Å²) < 4.78 is 28.0. The maximum atomic E-state index is 12.3. The van der Waals surface area contributed by atoms with Gasteiger partial charge in [0, 0.05) is 23.3 Å². The van der Waals surface area contributed by atoms with E-state index in [9.17, 15) is 13.2 Å². The molecule has 1 amide bonds. The van der Waals surface area contributed by atoms with Gasteiger partial charge in [-0.25, -0.2) is 8.42 Å². The first-order valence-electron chi connectivity index (χ1n) is 6.69. The fraction of sp³-hybridized carbons (Fsp3) is 0.0625. The zero-order valence-corrected chi connectivity index (χ0v) is 14.7. The highest BCUT2D eigenvalue weighted by atomic mass is 79.9. The highest BCUT2D eigenvalue weighted by Crippen LogP contribution is 2.20. The van der Waals surface area contributed by atoms with Gasteiger partial charge in [0.1, 0.15) is 0 Å². The summed E-state index contributed by atoms with van der Waals surface area (Å²) in [5.74, 6) is -0.224. The van der Waals surface area contributed by atoms with Crippen molar-refractivity contribution in [1.82, 2.24) is 5.32 Å². The van der Waals surface area contributed by atoms with E-state index in [-0.39, 0.29) is 10.8 Å². The first-order valence-corrected chi connectivity index (χ1v) is 8.96. The molecule has 2 aromatic rings. The van der Waals surface area contributed by atoms with Crippen LogP contribution in [-0.2, 0) is 14.8 Å².